The molecule has 3 atom stereocenters. The number of rotatable bonds is 2. The molecule has 3 rings (SSSR count). The molecule has 0 bridgehead atoms. The van der Waals surface area contributed by atoms with Crippen LogP contribution in [0.4, 0.5) is 0 Å². The second-order valence-electron chi connectivity index (χ2n) is 5.71. The first kappa shape index (κ1) is 12.3. The van der Waals surface area contributed by atoms with Crippen LogP contribution in [0, 0.1) is 18.8 Å². The van der Waals surface area contributed by atoms with E-state index in [9.17, 15) is 9.59 Å². The van der Waals surface area contributed by atoms with Gasteiger partial charge in [-0.25, -0.2) is 0 Å². The lowest BCUT2D eigenvalue weighted by Gasteiger charge is -2.25. The molecular formula is C14H19N3O2. The number of hydrogen-bond donors (Lipinski definition) is 2. The highest BCUT2D eigenvalue weighted by Gasteiger charge is 2.48. The number of H-pyrrole nitrogens is 1. The number of carbonyl (C=O) groups is 2. The number of fused-ring (bicyclic) bond motifs is 1. The van der Waals surface area contributed by atoms with E-state index in [0.717, 1.165) is 24.8 Å². The van der Waals surface area contributed by atoms with E-state index in [1.54, 1.807) is 17.3 Å². The quantitative estimate of drug-likeness (QED) is 0.834. The minimum absolute atomic E-state index is 0.0723. The zero-order chi connectivity index (χ0) is 13.6. The molecule has 0 unspecified atom stereocenters. The minimum atomic E-state index is -0.422. The number of aromatic amines is 1. The number of carbonyl (C=O) groups excluding carboxylic acids is 2. The van der Waals surface area contributed by atoms with Crippen molar-refractivity contribution >= 4 is 11.8 Å². The molecule has 102 valence electrons. The summed E-state index contributed by atoms with van der Waals surface area (Å²) in [6.45, 7) is 2.56. The van der Waals surface area contributed by atoms with E-state index in [4.69, 9.17) is 5.73 Å². The monoisotopic (exact) mass is 261 g/mol. The molecule has 2 aliphatic rings. The van der Waals surface area contributed by atoms with Crippen molar-refractivity contribution in [2.45, 2.75) is 32.2 Å². The molecule has 5 heteroatoms. The van der Waals surface area contributed by atoms with Crippen LogP contribution in [0.15, 0.2) is 12.4 Å². The Kier molecular flexibility index (Phi) is 2.84. The summed E-state index contributed by atoms with van der Waals surface area (Å²) in [5.41, 5.74) is 7.09. The van der Waals surface area contributed by atoms with Crippen LogP contribution in [-0.2, 0) is 4.79 Å². The van der Waals surface area contributed by atoms with Gasteiger partial charge in [-0.15, -0.1) is 0 Å². The van der Waals surface area contributed by atoms with Gasteiger partial charge in [-0.05, 0) is 37.2 Å². The minimum Gasteiger partial charge on any atom is -0.368 e. The molecule has 1 aromatic rings. The Bertz CT molecular complexity index is 523. The van der Waals surface area contributed by atoms with E-state index >= 15 is 0 Å². The lowest BCUT2D eigenvalue weighted by atomic mass is 9.93. The Hall–Kier alpha value is -1.78. The molecule has 2 amide bonds. The zero-order valence-electron chi connectivity index (χ0n) is 11.1. The Balaban J connectivity index is 1.90. The van der Waals surface area contributed by atoms with Crippen molar-refractivity contribution < 1.29 is 9.59 Å². The van der Waals surface area contributed by atoms with Gasteiger partial charge >= 0.3 is 0 Å². The predicted molar refractivity (Wildman–Crippen MR) is 70.4 cm³/mol. The predicted octanol–water partition coefficient (Wildman–Crippen LogP) is 1.05. The topological polar surface area (TPSA) is 79.2 Å². The van der Waals surface area contributed by atoms with Crippen LogP contribution in [0.1, 0.15) is 35.2 Å². The molecule has 0 radical (unpaired) electrons. The highest BCUT2D eigenvalue weighted by molar-refractivity contribution is 5.98. The lowest BCUT2D eigenvalue weighted by molar-refractivity contribution is -0.122. The molecule has 1 saturated carbocycles. The number of likely N-dealkylation sites (tertiary alicyclic amines) is 1. The van der Waals surface area contributed by atoms with E-state index in [2.05, 4.69) is 4.98 Å². The number of nitrogens with two attached hydrogens (primary N) is 1. The maximum absolute atomic E-state index is 12.6. The third-order valence-corrected chi connectivity index (χ3v) is 4.63. The average molecular weight is 261 g/mol. The smallest absolute Gasteiger partial charge is 0.256 e. The Morgan fingerprint density at radius 2 is 2.16 bits per heavy atom. The highest BCUT2D eigenvalue weighted by atomic mass is 16.2. The molecule has 1 saturated heterocycles. The second-order valence-corrected chi connectivity index (χ2v) is 5.71. The van der Waals surface area contributed by atoms with Crippen LogP contribution in [0.3, 0.4) is 0 Å². The summed E-state index contributed by atoms with van der Waals surface area (Å²) >= 11 is 0. The van der Waals surface area contributed by atoms with Gasteiger partial charge in [0.25, 0.3) is 5.91 Å². The van der Waals surface area contributed by atoms with E-state index < -0.39 is 6.04 Å². The molecule has 0 aromatic carbocycles. The van der Waals surface area contributed by atoms with Crippen molar-refractivity contribution in [3.05, 3.63) is 23.5 Å². The van der Waals surface area contributed by atoms with Crippen molar-refractivity contribution in [2.24, 2.45) is 17.6 Å². The summed E-state index contributed by atoms with van der Waals surface area (Å²) < 4.78 is 0. The molecule has 0 spiro atoms. The first-order chi connectivity index (χ1) is 9.09. The maximum Gasteiger partial charge on any atom is 0.256 e. The van der Waals surface area contributed by atoms with E-state index in [1.165, 1.54) is 0 Å². The van der Waals surface area contributed by atoms with Gasteiger partial charge in [0.1, 0.15) is 6.04 Å². The summed E-state index contributed by atoms with van der Waals surface area (Å²) in [5.74, 6) is 0.272. The fraction of sp³-hybridized carbons (Fsp3) is 0.571. The number of hydrogen-bond acceptors (Lipinski definition) is 2. The lowest BCUT2D eigenvalue weighted by Crippen LogP contribution is -2.46. The van der Waals surface area contributed by atoms with E-state index in [0.29, 0.717) is 18.0 Å². The number of nitrogens with one attached hydrogen (secondary N) is 1. The van der Waals surface area contributed by atoms with Crippen molar-refractivity contribution in [3.8, 4) is 0 Å². The third kappa shape index (κ3) is 1.84. The van der Waals surface area contributed by atoms with Crippen molar-refractivity contribution in [2.75, 3.05) is 6.54 Å². The zero-order valence-corrected chi connectivity index (χ0v) is 11.1. The average Bonchev–Trinajstić information content (AvgIpc) is 3.00. The number of nitrogens with zero attached hydrogens (tertiary/aromatic N) is 1. The fourth-order valence-corrected chi connectivity index (χ4v) is 3.71. The van der Waals surface area contributed by atoms with Gasteiger partial charge in [-0.3, -0.25) is 9.59 Å². The van der Waals surface area contributed by atoms with E-state index in [1.807, 2.05) is 6.92 Å². The van der Waals surface area contributed by atoms with Gasteiger partial charge in [0.2, 0.25) is 5.91 Å². The molecule has 2 heterocycles. The molecule has 1 aliphatic carbocycles. The normalized spacial score (nSPS) is 29.5. The fourth-order valence-electron chi connectivity index (χ4n) is 3.71. The number of primary amides is 1. The largest absolute Gasteiger partial charge is 0.368 e. The van der Waals surface area contributed by atoms with Crippen LogP contribution in [0.2, 0.25) is 0 Å². The van der Waals surface area contributed by atoms with Gasteiger partial charge in [0.05, 0.1) is 5.56 Å². The summed E-state index contributed by atoms with van der Waals surface area (Å²) in [7, 11) is 0. The highest BCUT2D eigenvalue weighted by Crippen LogP contribution is 2.42. The van der Waals surface area contributed by atoms with Gasteiger partial charge in [0, 0.05) is 18.9 Å². The summed E-state index contributed by atoms with van der Waals surface area (Å²) in [6, 6.07) is -0.422. The number of aromatic nitrogens is 1. The van der Waals surface area contributed by atoms with Crippen LogP contribution in [0.5, 0.6) is 0 Å². The van der Waals surface area contributed by atoms with Gasteiger partial charge in [0.15, 0.2) is 0 Å². The van der Waals surface area contributed by atoms with Gasteiger partial charge in [-0.2, -0.15) is 0 Å². The first-order valence-corrected chi connectivity index (χ1v) is 6.83. The van der Waals surface area contributed by atoms with Crippen LogP contribution in [-0.4, -0.2) is 34.3 Å². The SMILES string of the molecule is Cc1c[nH]cc1C(=O)N1C[C@@H]2CCC[C@@H]2[C@@H]1C(N)=O. The third-order valence-electron chi connectivity index (χ3n) is 4.63. The molecule has 1 aliphatic heterocycles. The first-order valence-electron chi connectivity index (χ1n) is 6.83. The molecule has 3 N–H and O–H groups in total. The number of aryl methyl sites for hydroxylation is 1. The molecule has 2 fully saturated rings. The maximum atomic E-state index is 12.6. The van der Waals surface area contributed by atoms with Crippen LogP contribution >= 0.6 is 0 Å². The standard InChI is InChI=1S/C14H19N3O2/c1-8-5-16-6-11(8)14(19)17-7-9-3-2-4-10(9)12(17)13(15)18/h5-6,9-10,12,16H,2-4,7H2,1H3,(H2,15,18)/t9-,10-,12+/m0/s1. The van der Waals surface area contributed by atoms with Crippen molar-refractivity contribution in [1.82, 2.24) is 9.88 Å². The van der Waals surface area contributed by atoms with Crippen molar-refractivity contribution in [3.63, 3.8) is 0 Å². The summed E-state index contributed by atoms with van der Waals surface area (Å²) in [4.78, 5) is 28.9. The summed E-state index contributed by atoms with van der Waals surface area (Å²) in [5, 5.41) is 0. The van der Waals surface area contributed by atoms with Gasteiger partial charge < -0.3 is 15.6 Å². The summed E-state index contributed by atoms with van der Waals surface area (Å²) in [6.07, 6.45) is 6.75. The van der Waals surface area contributed by atoms with Crippen molar-refractivity contribution in [1.29, 1.82) is 0 Å². The molecule has 1 aromatic heterocycles. The van der Waals surface area contributed by atoms with Crippen LogP contribution < -0.4 is 5.73 Å². The number of amides is 2. The van der Waals surface area contributed by atoms with Crippen LogP contribution in [0.25, 0.3) is 0 Å². The Morgan fingerprint density at radius 1 is 1.37 bits per heavy atom. The molecular weight excluding hydrogens is 242 g/mol. The Morgan fingerprint density at radius 3 is 2.79 bits per heavy atom. The molecule has 5 nitrogen and oxygen atoms in total. The molecule has 19 heavy (non-hydrogen) atoms. The second kappa shape index (κ2) is 4.40. The van der Waals surface area contributed by atoms with E-state index in [-0.39, 0.29) is 17.7 Å². The van der Waals surface area contributed by atoms with Gasteiger partial charge in [-0.1, -0.05) is 6.42 Å². The Labute approximate surface area is 112 Å².